The Labute approximate surface area is 140 Å². The Morgan fingerprint density at radius 2 is 1.71 bits per heavy atom. The van der Waals surface area contributed by atoms with E-state index >= 15 is 0 Å². The molecule has 0 saturated carbocycles. The average molecular weight is 312 g/mol. The number of anilines is 1. The summed E-state index contributed by atoms with van der Waals surface area (Å²) in [5.74, 6) is -0.0263. The van der Waals surface area contributed by atoms with E-state index in [9.17, 15) is 4.79 Å². The fraction of sp³-hybridized carbons (Fsp3) is 0.0952. The molecule has 2 aliphatic heterocycles. The van der Waals surface area contributed by atoms with Gasteiger partial charge in [-0.3, -0.25) is 4.79 Å². The van der Waals surface area contributed by atoms with Crippen molar-refractivity contribution in [1.82, 2.24) is 4.57 Å². The van der Waals surface area contributed by atoms with E-state index in [4.69, 9.17) is 0 Å². The van der Waals surface area contributed by atoms with Gasteiger partial charge in [-0.15, -0.1) is 0 Å². The summed E-state index contributed by atoms with van der Waals surface area (Å²) in [5.41, 5.74) is 3.35. The summed E-state index contributed by atoms with van der Waals surface area (Å²) >= 11 is 0. The number of nitrogens with one attached hydrogen (secondary N) is 1. The highest BCUT2D eigenvalue weighted by Gasteiger charge is 2.54. The molecular formula is C21H16N2O. The van der Waals surface area contributed by atoms with E-state index in [1.54, 1.807) is 0 Å². The fourth-order valence-electron chi connectivity index (χ4n) is 4.16. The molecule has 24 heavy (non-hydrogen) atoms. The van der Waals surface area contributed by atoms with Gasteiger partial charge in [-0.2, -0.15) is 0 Å². The van der Waals surface area contributed by atoms with Crippen molar-refractivity contribution in [2.75, 3.05) is 5.32 Å². The molecule has 3 heterocycles. The number of rotatable bonds is 1. The monoisotopic (exact) mass is 312 g/mol. The predicted molar refractivity (Wildman–Crippen MR) is 94.8 cm³/mol. The molecule has 5 rings (SSSR count). The van der Waals surface area contributed by atoms with Gasteiger partial charge in [0, 0.05) is 29.1 Å². The molecule has 2 aliphatic rings. The van der Waals surface area contributed by atoms with E-state index in [2.05, 4.69) is 40.2 Å². The van der Waals surface area contributed by atoms with Crippen LogP contribution in [0.3, 0.4) is 0 Å². The van der Waals surface area contributed by atoms with Crippen LogP contribution < -0.4 is 5.32 Å². The molecule has 0 aliphatic carbocycles. The average Bonchev–Trinajstić information content (AvgIpc) is 3.21. The van der Waals surface area contributed by atoms with Crippen LogP contribution >= 0.6 is 0 Å². The Hall–Kier alpha value is -3.07. The first-order valence-corrected chi connectivity index (χ1v) is 8.14. The molecule has 0 unspecified atom stereocenters. The number of carbonyl (C=O) groups is 1. The van der Waals surface area contributed by atoms with Gasteiger partial charge in [-0.1, -0.05) is 54.6 Å². The Balaban J connectivity index is 1.86. The van der Waals surface area contributed by atoms with Crippen molar-refractivity contribution in [3.63, 3.8) is 0 Å². The van der Waals surface area contributed by atoms with Crippen LogP contribution in [0, 0.1) is 0 Å². The van der Waals surface area contributed by atoms with Crippen LogP contribution in [0.25, 0.3) is 6.08 Å². The second-order valence-corrected chi connectivity index (χ2v) is 6.32. The van der Waals surface area contributed by atoms with Crippen LogP contribution in [-0.4, -0.2) is 10.5 Å². The lowest BCUT2D eigenvalue weighted by molar-refractivity contribution is -0.122. The molecule has 3 nitrogen and oxygen atoms in total. The van der Waals surface area contributed by atoms with Gasteiger partial charge in [-0.25, -0.2) is 0 Å². The molecule has 1 amide bonds. The lowest BCUT2D eigenvalue weighted by Crippen LogP contribution is -2.47. The maximum absolute atomic E-state index is 13.3. The Morgan fingerprint density at radius 1 is 0.917 bits per heavy atom. The summed E-state index contributed by atoms with van der Waals surface area (Å²) in [7, 11) is 0. The van der Waals surface area contributed by atoms with Crippen molar-refractivity contribution in [2.45, 2.75) is 11.5 Å². The minimum atomic E-state index is -0.772. The predicted octanol–water partition coefficient (Wildman–Crippen LogP) is 3.99. The standard InChI is InChI=1S/C21H16N2O/c24-20-21(18-10-4-5-11-19(18)22-20)17(15-7-2-1-3-8-15)13-12-16-9-6-14-23(16)21/h1-14,17H,(H,22,24)/t17-,21+/m0/s1. The quantitative estimate of drug-likeness (QED) is 0.724. The molecule has 0 radical (unpaired) electrons. The van der Waals surface area contributed by atoms with Gasteiger partial charge in [0.1, 0.15) is 0 Å². The number of hydrogen-bond acceptors (Lipinski definition) is 1. The van der Waals surface area contributed by atoms with Crippen molar-refractivity contribution in [3.05, 3.63) is 95.8 Å². The number of benzene rings is 2. The number of carbonyl (C=O) groups excluding carboxylic acids is 1. The van der Waals surface area contributed by atoms with Crippen LogP contribution in [0.5, 0.6) is 0 Å². The van der Waals surface area contributed by atoms with Crippen molar-refractivity contribution in [3.8, 4) is 0 Å². The van der Waals surface area contributed by atoms with Gasteiger partial charge in [0.25, 0.3) is 5.91 Å². The second-order valence-electron chi connectivity index (χ2n) is 6.32. The van der Waals surface area contributed by atoms with Crippen molar-refractivity contribution >= 4 is 17.7 Å². The SMILES string of the molecule is O=C1Nc2ccccc2[C@]12[C@H](c1ccccc1)C=Cc1cccn12. The Bertz CT molecular complexity index is 970. The molecule has 2 aromatic carbocycles. The topological polar surface area (TPSA) is 34.0 Å². The zero-order valence-electron chi connectivity index (χ0n) is 13.0. The fourth-order valence-corrected chi connectivity index (χ4v) is 4.16. The minimum absolute atomic E-state index is 0.0272. The number of fused-ring (bicyclic) bond motifs is 4. The van der Waals surface area contributed by atoms with E-state index in [0.717, 1.165) is 22.5 Å². The van der Waals surface area contributed by atoms with E-state index in [1.165, 1.54) is 0 Å². The summed E-state index contributed by atoms with van der Waals surface area (Å²) in [6.07, 6.45) is 6.28. The van der Waals surface area contributed by atoms with Gasteiger partial charge in [0.2, 0.25) is 0 Å². The largest absolute Gasteiger partial charge is 0.328 e. The summed E-state index contributed by atoms with van der Waals surface area (Å²) in [5, 5.41) is 3.09. The summed E-state index contributed by atoms with van der Waals surface area (Å²) in [6.45, 7) is 0. The molecule has 116 valence electrons. The lowest BCUT2D eigenvalue weighted by Gasteiger charge is -2.39. The molecule has 3 aromatic rings. The Kier molecular flexibility index (Phi) is 2.63. The molecule has 2 atom stereocenters. The number of nitrogens with zero attached hydrogens (tertiary/aromatic N) is 1. The van der Waals surface area contributed by atoms with Gasteiger partial charge in [0.15, 0.2) is 5.54 Å². The summed E-state index contributed by atoms with van der Waals surface area (Å²) in [6, 6.07) is 22.3. The molecular weight excluding hydrogens is 296 g/mol. The number of para-hydroxylation sites is 1. The highest BCUT2D eigenvalue weighted by atomic mass is 16.2. The van der Waals surface area contributed by atoms with Crippen molar-refractivity contribution < 1.29 is 4.79 Å². The van der Waals surface area contributed by atoms with Crippen LogP contribution in [0.2, 0.25) is 0 Å². The van der Waals surface area contributed by atoms with Gasteiger partial charge in [0.05, 0.1) is 0 Å². The maximum atomic E-state index is 13.3. The smallest absolute Gasteiger partial charge is 0.256 e. The van der Waals surface area contributed by atoms with E-state index in [-0.39, 0.29) is 11.8 Å². The zero-order chi connectivity index (χ0) is 16.1. The first kappa shape index (κ1) is 13.4. The van der Waals surface area contributed by atoms with E-state index in [1.807, 2.05) is 54.7 Å². The third-order valence-corrected chi connectivity index (χ3v) is 5.16. The third kappa shape index (κ3) is 1.54. The first-order chi connectivity index (χ1) is 11.8. The van der Waals surface area contributed by atoms with Crippen molar-refractivity contribution in [2.24, 2.45) is 0 Å². The summed E-state index contributed by atoms with van der Waals surface area (Å²) < 4.78 is 2.12. The highest BCUT2D eigenvalue weighted by molar-refractivity contribution is 6.07. The Morgan fingerprint density at radius 3 is 2.58 bits per heavy atom. The lowest BCUT2D eigenvalue weighted by atomic mass is 9.73. The van der Waals surface area contributed by atoms with E-state index < -0.39 is 5.54 Å². The first-order valence-electron chi connectivity index (χ1n) is 8.14. The normalized spacial score (nSPS) is 23.8. The molecule has 1 spiro atoms. The molecule has 1 N–H and O–H groups in total. The van der Waals surface area contributed by atoms with E-state index in [0.29, 0.717) is 0 Å². The maximum Gasteiger partial charge on any atom is 0.256 e. The number of amides is 1. The third-order valence-electron chi connectivity index (χ3n) is 5.16. The molecule has 3 heteroatoms. The molecule has 0 bridgehead atoms. The molecule has 1 aromatic heterocycles. The number of aromatic nitrogens is 1. The highest BCUT2D eigenvalue weighted by Crippen LogP contribution is 2.51. The van der Waals surface area contributed by atoms with Gasteiger partial charge < -0.3 is 9.88 Å². The number of hydrogen-bond donors (Lipinski definition) is 1. The van der Waals surface area contributed by atoms with Gasteiger partial charge >= 0.3 is 0 Å². The zero-order valence-corrected chi connectivity index (χ0v) is 13.0. The van der Waals surface area contributed by atoms with Crippen LogP contribution in [0.1, 0.15) is 22.7 Å². The second kappa shape index (κ2) is 4.71. The van der Waals surface area contributed by atoms with Gasteiger partial charge in [-0.05, 0) is 29.8 Å². The van der Waals surface area contributed by atoms with Crippen LogP contribution in [0.4, 0.5) is 5.69 Å². The van der Waals surface area contributed by atoms with Crippen molar-refractivity contribution in [1.29, 1.82) is 0 Å². The molecule has 0 fully saturated rings. The van der Waals surface area contributed by atoms with Crippen LogP contribution in [0.15, 0.2) is 79.0 Å². The summed E-state index contributed by atoms with van der Waals surface area (Å²) in [4.78, 5) is 13.3. The van der Waals surface area contributed by atoms with Crippen LogP contribution in [-0.2, 0) is 10.3 Å². The number of allylic oxidation sites excluding steroid dienone is 1. The minimum Gasteiger partial charge on any atom is -0.328 e. The molecule has 0 saturated heterocycles.